The highest BCUT2D eigenvalue weighted by Gasteiger charge is 2.19. The molecule has 0 spiro atoms. The van der Waals surface area contributed by atoms with Gasteiger partial charge in [0.1, 0.15) is 0 Å². The predicted molar refractivity (Wildman–Crippen MR) is 115 cm³/mol. The molecular weight excluding hydrogens is 362 g/mol. The number of likely N-dealkylation sites (tertiary alicyclic amines) is 1. The molecule has 1 heterocycles. The second-order valence-electron chi connectivity index (χ2n) is 7.51. The van der Waals surface area contributed by atoms with Gasteiger partial charge in [-0.2, -0.15) is 5.26 Å². The topological polar surface area (TPSA) is 57.5 Å². The molecule has 1 aliphatic rings. The Balaban J connectivity index is 1.44. The van der Waals surface area contributed by atoms with Crippen molar-refractivity contribution in [2.75, 3.05) is 26.8 Å². The summed E-state index contributed by atoms with van der Waals surface area (Å²) in [6, 6.07) is 19.5. The first-order chi connectivity index (χ1) is 14.3. The molecule has 154 valence electrons. The van der Waals surface area contributed by atoms with Crippen LogP contribution in [0, 0.1) is 11.3 Å². The van der Waals surface area contributed by atoms with Crippen molar-refractivity contribution in [3.8, 4) is 17.6 Å². The lowest BCUT2D eigenvalue weighted by Crippen LogP contribution is -2.41. The molecule has 0 saturated carbocycles. The summed E-state index contributed by atoms with van der Waals surface area (Å²) in [4.78, 5) is 2.54. The first kappa shape index (κ1) is 21.2. The van der Waals surface area contributed by atoms with E-state index in [4.69, 9.17) is 14.7 Å². The van der Waals surface area contributed by atoms with Crippen molar-refractivity contribution in [3.63, 3.8) is 0 Å². The molecule has 3 rings (SSSR count). The zero-order valence-electron chi connectivity index (χ0n) is 17.3. The molecule has 5 heteroatoms. The van der Waals surface area contributed by atoms with E-state index in [1.165, 1.54) is 24.0 Å². The van der Waals surface area contributed by atoms with E-state index in [9.17, 15) is 0 Å². The zero-order valence-corrected chi connectivity index (χ0v) is 17.3. The normalized spacial score (nSPS) is 15.0. The highest BCUT2D eigenvalue weighted by molar-refractivity contribution is 5.43. The van der Waals surface area contributed by atoms with E-state index < -0.39 is 0 Å². The number of hydrogen-bond donors (Lipinski definition) is 1. The van der Waals surface area contributed by atoms with Gasteiger partial charge in [-0.3, -0.25) is 4.90 Å². The van der Waals surface area contributed by atoms with Gasteiger partial charge in [-0.1, -0.05) is 36.4 Å². The highest BCUT2D eigenvalue weighted by Crippen LogP contribution is 2.28. The zero-order chi connectivity index (χ0) is 20.3. The van der Waals surface area contributed by atoms with Gasteiger partial charge in [0.15, 0.2) is 11.5 Å². The van der Waals surface area contributed by atoms with Crippen LogP contribution in [0.2, 0.25) is 0 Å². The van der Waals surface area contributed by atoms with E-state index in [0.29, 0.717) is 19.1 Å². The standard InChI is InChI=1S/C24H31N3O2/c1-28-23-10-9-21(17-24(23)29-16-6-5-13-25)18-26-22-11-14-27(15-12-22)19-20-7-3-2-4-8-20/h2-4,7-10,17,22,26H,5-6,11-12,14-16,18-19H2,1H3. The molecule has 0 aliphatic carbocycles. The maximum Gasteiger partial charge on any atom is 0.161 e. The Kier molecular flexibility index (Phi) is 8.36. The summed E-state index contributed by atoms with van der Waals surface area (Å²) in [5.41, 5.74) is 2.58. The van der Waals surface area contributed by atoms with Crippen LogP contribution in [0.5, 0.6) is 11.5 Å². The van der Waals surface area contributed by atoms with Gasteiger partial charge < -0.3 is 14.8 Å². The summed E-state index contributed by atoms with van der Waals surface area (Å²) < 4.78 is 11.2. The Morgan fingerprint density at radius 3 is 2.59 bits per heavy atom. The summed E-state index contributed by atoms with van der Waals surface area (Å²) in [7, 11) is 1.65. The van der Waals surface area contributed by atoms with Gasteiger partial charge >= 0.3 is 0 Å². The quantitative estimate of drug-likeness (QED) is 0.615. The van der Waals surface area contributed by atoms with Crippen LogP contribution in [0.3, 0.4) is 0 Å². The van der Waals surface area contributed by atoms with E-state index in [0.717, 1.165) is 44.1 Å². The van der Waals surface area contributed by atoms with Crippen molar-refractivity contribution >= 4 is 0 Å². The van der Waals surface area contributed by atoms with E-state index in [1.807, 2.05) is 12.1 Å². The summed E-state index contributed by atoms with van der Waals surface area (Å²) in [5.74, 6) is 1.49. The number of unbranched alkanes of at least 4 members (excludes halogenated alkanes) is 1. The monoisotopic (exact) mass is 393 g/mol. The van der Waals surface area contributed by atoms with Crippen molar-refractivity contribution in [3.05, 3.63) is 59.7 Å². The molecule has 0 atom stereocenters. The summed E-state index contributed by atoms with van der Waals surface area (Å²) in [6.07, 6.45) is 3.57. The fourth-order valence-corrected chi connectivity index (χ4v) is 3.68. The number of hydrogen-bond acceptors (Lipinski definition) is 5. The van der Waals surface area contributed by atoms with Crippen molar-refractivity contribution in [1.29, 1.82) is 5.26 Å². The van der Waals surface area contributed by atoms with Crippen LogP contribution >= 0.6 is 0 Å². The Morgan fingerprint density at radius 1 is 1.07 bits per heavy atom. The third-order valence-corrected chi connectivity index (χ3v) is 5.35. The first-order valence-corrected chi connectivity index (χ1v) is 10.4. The molecule has 2 aromatic rings. The van der Waals surface area contributed by atoms with E-state index >= 15 is 0 Å². The molecule has 1 aliphatic heterocycles. The molecule has 1 saturated heterocycles. The van der Waals surface area contributed by atoms with Gasteiger partial charge in [0.25, 0.3) is 0 Å². The number of piperidine rings is 1. The fourth-order valence-electron chi connectivity index (χ4n) is 3.68. The molecule has 29 heavy (non-hydrogen) atoms. The average Bonchev–Trinajstić information content (AvgIpc) is 2.77. The van der Waals surface area contributed by atoms with Crippen LogP contribution in [0.1, 0.15) is 36.8 Å². The van der Waals surface area contributed by atoms with E-state index in [1.54, 1.807) is 7.11 Å². The second-order valence-corrected chi connectivity index (χ2v) is 7.51. The molecule has 1 fully saturated rings. The Bertz CT molecular complexity index is 780. The van der Waals surface area contributed by atoms with Crippen LogP contribution in [0.15, 0.2) is 48.5 Å². The largest absolute Gasteiger partial charge is 0.493 e. The van der Waals surface area contributed by atoms with Crippen LogP contribution in [0.25, 0.3) is 0 Å². The van der Waals surface area contributed by atoms with Crippen LogP contribution in [-0.4, -0.2) is 37.7 Å². The molecule has 0 unspecified atom stereocenters. The molecule has 0 aromatic heterocycles. The minimum Gasteiger partial charge on any atom is -0.493 e. The van der Waals surface area contributed by atoms with Crippen molar-refractivity contribution < 1.29 is 9.47 Å². The second kappa shape index (κ2) is 11.5. The summed E-state index contributed by atoms with van der Waals surface area (Å²) in [5, 5.41) is 12.3. The van der Waals surface area contributed by atoms with Gasteiger partial charge in [-0.25, -0.2) is 0 Å². The van der Waals surface area contributed by atoms with Crippen molar-refractivity contribution in [2.24, 2.45) is 0 Å². The minimum atomic E-state index is 0.506. The Hall–Kier alpha value is -2.55. The summed E-state index contributed by atoms with van der Waals surface area (Å²) >= 11 is 0. The summed E-state index contributed by atoms with van der Waals surface area (Å²) in [6.45, 7) is 4.64. The number of methoxy groups -OCH3 is 1. The van der Waals surface area contributed by atoms with Gasteiger partial charge in [-0.05, 0) is 55.6 Å². The van der Waals surface area contributed by atoms with Gasteiger partial charge in [-0.15, -0.1) is 0 Å². The lowest BCUT2D eigenvalue weighted by molar-refractivity contribution is 0.190. The van der Waals surface area contributed by atoms with Crippen LogP contribution in [-0.2, 0) is 13.1 Å². The van der Waals surface area contributed by atoms with E-state index in [2.05, 4.69) is 52.7 Å². The third kappa shape index (κ3) is 6.77. The highest BCUT2D eigenvalue weighted by atomic mass is 16.5. The van der Waals surface area contributed by atoms with E-state index in [-0.39, 0.29) is 0 Å². The Labute approximate surface area is 174 Å². The van der Waals surface area contributed by atoms with Crippen molar-refractivity contribution in [1.82, 2.24) is 10.2 Å². The van der Waals surface area contributed by atoms with Gasteiger partial charge in [0.05, 0.1) is 19.8 Å². The SMILES string of the molecule is COc1ccc(CNC2CCN(Cc3ccccc3)CC2)cc1OCCCC#N. The Morgan fingerprint density at radius 2 is 1.86 bits per heavy atom. The number of ether oxygens (including phenoxy) is 2. The predicted octanol–water partition coefficient (Wildman–Crippen LogP) is 4.13. The van der Waals surface area contributed by atoms with Crippen LogP contribution < -0.4 is 14.8 Å². The maximum absolute atomic E-state index is 8.65. The lowest BCUT2D eigenvalue weighted by Gasteiger charge is -2.32. The van der Waals surface area contributed by atoms with Gasteiger partial charge in [0, 0.05) is 25.6 Å². The molecule has 0 radical (unpaired) electrons. The molecule has 5 nitrogen and oxygen atoms in total. The number of rotatable bonds is 10. The molecule has 0 amide bonds. The van der Waals surface area contributed by atoms with Gasteiger partial charge in [0.2, 0.25) is 0 Å². The third-order valence-electron chi connectivity index (χ3n) is 5.35. The molecular formula is C24H31N3O2. The smallest absolute Gasteiger partial charge is 0.161 e. The fraction of sp³-hybridized carbons (Fsp3) is 0.458. The number of nitriles is 1. The minimum absolute atomic E-state index is 0.506. The van der Waals surface area contributed by atoms with Crippen LogP contribution in [0.4, 0.5) is 0 Å². The number of nitrogens with one attached hydrogen (secondary N) is 1. The molecule has 1 N–H and O–H groups in total. The molecule has 2 aromatic carbocycles. The van der Waals surface area contributed by atoms with Crippen molar-refractivity contribution in [2.45, 2.75) is 44.8 Å². The first-order valence-electron chi connectivity index (χ1n) is 10.4. The maximum atomic E-state index is 8.65. The molecule has 0 bridgehead atoms. The lowest BCUT2D eigenvalue weighted by atomic mass is 10.0. The average molecular weight is 394 g/mol. The number of nitrogens with zero attached hydrogens (tertiary/aromatic N) is 2. The number of benzene rings is 2.